The maximum atomic E-state index is 12.6. The van der Waals surface area contributed by atoms with Gasteiger partial charge >= 0.3 is 11.7 Å². The van der Waals surface area contributed by atoms with Gasteiger partial charge in [0.25, 0.3) is 0 Å². The molecular formula is C18H27N5O4. The van der Waals surface area contributed by atoms with E-state index in [1.165, 1.54) is 11.7 Å². The molecule has 3 rings (SSSR count). The molecule has 0 spiro atoms. The third-order valence-electron chi connectivity index (χ3n) is 5.24. The van der Waals surface area contributed by atoms with E-state index in [9.17, 15) is 9.59 Å². The lowest BCUT2D eigenvalue weighted by Crippen LogP contribution is -2.29. The van der Waals surface area contributed by atoms with Gasteiger partial charge in [-0.2, -0.15) is 4.98 Å². The summed E-state index contributed by atoms with van der Waals surface area (Å²) in [4.78, 5) is 35.0. The van der Waals surface area contributed by atoms with Gasteiger partial charge in [-0.1, -0.05) is 0 Å². The average Bonchev–Trinajstić information content (AvgIpc) is 3.23. The molecule has 0 saturated carbocycles. The Morgan fingerprint density at radius 2 is 2.30 bits per heavy atom. The Morgan fingerprint density at radius 1 is 1.52 bits per heavy atom. The molecule has 2 fully saturated rings. The normalized spacial score (nSPS) is 26.7. The lowest BCUT2D eigenvalue weighted by atomic mass is 9.97. The Morgan fingerprint density at radius 3 is 2.93 bits per heavy atom. The van der Waals surface area contributed by atoms with Crippen molar-refractivity contribution in [2.45, 2.75) is 44.9 Å². The lowest BCUT2D eigenvalue weighted by molar-refractivity contribution is -0.142. The number of nitrogens with zero attached hydrogens (tertiary/aromatic N) is 4. The minimum atomic E-state index is -0.497. The van der Waals surface area contributed by atoms with Crippen molar-refractivity contribution >= 4 is 17.6 Å². The topological polar surface area (TPSA) is 112 Å². The summed E-state index contributed by atoms with van der Waals surface area (Å²) in [6.07, 6.45) is 3.60. The van der Waals surface area contributed by atoms with Gasteiger partial charge in [0.05, 0.1) is 19.6 Å². The van der Waals surface area contributed by atoms with Crippen molar-refractivity contribution in [2.24, 2.45) is 16.6 Å². The summed E-state index contributed by atoms with van der Waals surface area (Å²) in [6.45, 7) is 3.11. The highest BCUT2D eigenvalue weighted by Gasteiger charge is 2.37. The third-order valence-corrected chi connectivity index (χ3v) is 5.24. The zero-order valence-corrected chi connectivity index (χ0v) is 16.1. The first-order valence-corrected chi connectivity index (χ1v) is 9.23. The number of aliphatic imine (C=N–C) groups is 1. The summed E-state index contributed by atoms with van der Waals surface area (Å²) in [5.74, 6) is 0.989. The summed E-state index contributed by atoms with van der Waals surface area (Å²) in [6, 6.07) is 0. The molecule has 3 heterocycles. The van der Waals surface area contributed by atoms with Gasteiger partial charge in [0.1, 0.15) is 12.1 Å². The van der Waals surface area contributed by atoms with Crippen LogP contribution in [-0.2, 0) is 14.3 Å². The number of ether oxygens (including phenoxy) is 2. The van der Waals surface area contributed by atoms with E-state index in [4.69, 9.17) is 15.2 Å². The molecule has 148 valence electrons. The second kappa shape index (κ2) is 8.18. The van der Waals surface area contributed by atoms with Crippen LogP contribution in [0.4, 0.5) is 5.82 Å². The molecule has 1 aromatic rings. The smallest absolute Gasteiger partial charge is 0.351 e. The number of aromatic nitrogens is 2. The molecule has 9 heteroatoms. The van der Waals surface area contributed by atoms with E-state index in [0.717, 1.165) is 30.8 Å². The molecule has 3 atom stereocenters. The SMILES string of the molecule is COC(=O)C[C@H]1C[C@H](n2cc(C)c(N=C3CCCN3C)nc2=O)O[C@@H]1CN. The van der Waals surface area contributed by atoms with Crippen molar-refractivity contribution in [2.75, 3.05) is 27.2 Å². The van der Waals surface area contributed by atoms with Crippen LogP contribution in [0.5, 0.6) is 0 Å². The van der Waals surface area contributed by atoms with Crippen molar-refractivity contribution in [1.29, 1.82) is 0 Å². The van der Waals surface area contributed by atoms with Crippen LogP contribution in [0.15, 0.2) is 16.0 Å². The summed E-state index contributed by atoms with van der Waals surface area (Å²) in [5.41, 5.74) is 6.16. The fourth-order valence-corrected chi connectivity index (χ4v) is 3.65. The molecule has 0 unspecified atom stereocenters. The van der Waals surface area contributed by atoms with E-state index >= 15 is 0 Å². The molecule has 2 saturated heterocycles. The summed E-state index contributed by atoms with van der Waals surface area (Å²) in [7, 11) is 3.34. The second-order valence-electron chi connectivity index (χ2n) is 7.13. The molecule has 0 aromatic carbocycles. The predicted molar refractivity (Wildman–Crippen MR) is 99.9 cm³/mol. The van der Waals surface area contributed by atoms with Crippen molar-refractivity contribution in [3.63, 3.8) is 0 Å². The van der Waals surface area contributed by atoms with E-state index in [0.29, 0.717) is 12.2 Å². The van der Waals surface area contributed by atoms with Gasteiger partial charge in [-0.15, -0.1) is 0 Å². The van der Waals surface area contributed by atoms with Crippen molar-refractivity contribution in [3.05, 3.63) is 22.2 Å². The van der Waals surface area contributed by atoms with Crippen LogP contribution in [0.25, 0.3) is 0 Å². The number of aryl methyl sites for hydroxylation is 1. The number of hydrogen-bond donors (Lipinski definition) is 1. The maximum Gasteiger partial charge on any atom is 0.351 e. The molecule has 27 heavy (non-hydrogen) atoms. The zero-order chi connectivity index (χ0) is 19.6. The Hall–Kier alpha value is -2.26. The number of amidine groups is 1. The van der Waals surface area contributed by atoms with E-state index in [1.54, 1.807) is 6.20 Å². The second-order valence-corrected chi connectivity index (χ2v) is 7.13. The number of carbonyl (C=O) groups excluding carboxylic acids is 1. The number of rotatable bonds is 5. The highest BCUT2D eigenvalue weighted by molar-refractivity contribution is 5.86. The number of likely N-dealkylation sites (tertiary alicyclic amines) is 1. The Balaban J connectivity index is 1.82. The fourth-order valence-electron chi connectivity index (χ4n) is 3.65. The van der Waals surface area contributed by atoms with Crippen LogP contribution in [0, 0.1) is 12.8 Å². The summed E-state index contributed by atoms with van der Waals surface area (Å²) >= 11 is 0. The Kier molecular flexibility index (Phi) is 5.91. The summed E-state index contributed by atoms with van der Waals surface area (Å²) < 4.78 is 12.1. The van der Waals surface area contributed by atoms with Crippen LogP contribution in [-0.4, -0.2) is 59.6 Å². The van der Waals surface area contributed by atoms with Crippen LogP contribution >= 0.6 is 0 Å². The zero-order valence-electron chi connectivity index (χ0n) is 16.1. The molecule has 0 bridgehead atoms. The Labute approximate surface area is 158 Å². The molecule has 2 aliphatic rings. The van der Waals surface area contributed by atoms with Crippen molar-refractivity contribution in [1.82, 2.24) is 14.5 Å². The first kappa shape index (κ1) is 19.5. The molecule has 0 amide bonds. The van der Waals surface area contributed by atoms with E-state index < -0.39 is 11.9 Å². The predicted octanol–water partition coefficient (Wildman–Crippen LogP) is 0.733. The first-order chi connectivity index (χ1) is 12.9. The van der Waals surface area contributed by atoms with Crippen LogP contribution < -0.4 is 11.4 Å². The average molecular weight is 377 g/mol. The molecule has 2 N–H and O–H groups in total. The molecule has 0 radical (unpaired) electrons. The maximum absolute atomic E-state index is 12.6. The molecule has 0 aliphatic carbocycles. The van der Waals surface area contributed by atoms with E-state index in [1.807, 2.05) is 14.0 Å². The van der Waals surface area contributed by atoms with E-state index in [2.05, 4.69) is 14.9 Å². The highest BCUT2D eigenvalue weighted by Crippen LogP contribution is 2.35. The van der Waals surface area contributed by atoms with Crippen LogP contribution in [0.3, 0.4) is 0 Å². The minimum Gasteiger partial charge on any atom is -0.469 e. The monoisotopic (exact) mass is 377 g/mol. The fraction of sp³-hybridized carbons (Fsp3) is 0.667. The van der Waals surface area contributed by atoms with Crippen LogP contribution in [0.2, 0.25) is 0 Å². The highest BCUT2D eigenvalue weighted by atomic mass is 16.5. The third kappa shape index (κ3) is 4.19. The van der Waals surface area contributed by atoms with Gasteiger partial charge in [-0.3, -0.25) is 9.36 Å². The number of methoxy groups -OCH3 is 1. The van der Waals surface area contributed by atoms with Gasteiger partial charge in [0.2, 0.25) is 0 Å². The van der Waals surface area contributed by atoms with Crippen LogP contribution in [0.1, 0.15) is 37.5 Å². The number of nitrogens with two attached hydrogens (primary N) is 1. The molecular weight excluding hydrogens is 350 g/mol. The van der Waals surface area contributed by atoms with Crippen molar-refractivity contribution in [3.8, 4) is 0 Å². The molecule has 2 aliphatic heterocycles. The van der Waals surface area contributed by atoms with Gasteiger partial charge in [-0.05, 0) is 19.8 Å². The number of esters is 1. The van der Waals surface area contributed by atoms with Crippen molar-refractivity contribution < 1.29 is 14.3 Å². The van der Waals surface area contributed by atoms with E-state index in [-0.39, 0.29) is 31.0 Å². The molecule has 9 nitrogen and oxygen atoms in total. The first-order valence-electron chi connectivity index (χ1n) is 9.23. The molecule has 1 aromatic heterocycles. The summed E-state index contributed by atoms with van der Waals surface area (Å²) in [5, 5.41) is 0. The standard InChI is InChI=1S/C18H27N5O4/c1-11-10-23(15-7-12(8-16(24)26-3)13(9-19)27-15)18(25)21-17(11)20-14-5-4-6-22(14)2/h10,12-13,15H,4-9,19H2,1-3H3/t12-,13-,15-/m1/s1. The van der Waals surface area contributed by atoms with Gasteiger partial charge in [0.15, 0.2) is 5.82 Å². The van der Waals surface area contributed by atoms with Gasteiger partial charge < -0.3 is 20.1 Å². The quantitative estimate of drug-likeness (QED) is 0.753. The minimum absolute atomic E-state index is 0.0910. The van der Waals surface area contributed by atoms with Gasteiger partial charge in [0, 0.05) is 44.2 Å². The largest absolute Gasteiger partial charge is 0.469 e. The Bertz CT molecular complexity index is 790. The van der Waals surface area contributed by atoms with Gasteiger partial charge in [-0.25, -0.2) is 9.79 Å². The number of carbonyl (C=O) groups is 1. The number of hydrogen-bond acceptors (Lipinski definition) is 7. The lowest BCUT2D eigenvalue weighted by Gasteiger charge is -2.16.